The Bertz CT molecular complexity index is 1060. The lowest BCUT2D eigenvalue weighted by atomic mass is 10.1. The quantitative estimate of drug-likeness (QED) is 0.531. The first kappa shape index (κ1) is 20.8. The summed E-state index contributed by atoms with van der Waals surface area (Å²) in [6.07, 6.45) is 4.38. The van der Waals surface area contributed by atoms with Gasteiger partial charge in [0.2, 0.25) is 5.78 Å². The maximum atomic E-state index is 13.1. The Hall–Kier alpha value is -2.41. The highest BCUT2D eigenvalue weighted by Crippen LogP contribution is 2.30. The van der Waals surface area contributed by atoms with Crippen LogP contribution < -0.4 is 5.32 Å². The molecule has 1 fully saturated rings. The van der Waals surface area contributed by atoms with Crippen LogP contribution >= 0.6 is 23.2 Å². The maximum Gasteiger partial charge on any atom is 0.233 e. The molecule has 2 heterocycles. The van der Waals surface area contributed by atoms with Gasteiger partial charge in [0.15, 0.2) is 11.0 Å². The number of nitrogens with one attached hydrogen (secondary N) is 1. The molecule has 156 valence electrons. The van der Waals surface area contributed by atoms with Crippen LogP contribution in [0.1, 0.15) is 47.0 Å². The molecule has 1 aromatic carbocycles. The van der Waals surface area contributed by atoms with Gasteiger partial charge in [0.25, 0.3) is 0 Å². The van der Waals surface area contributed by atoms with Gasteiger partial charge in [-0.2, -0.15) is 0 Å². The Kier molecular flexibility index (Phi) is 6.09. The fourth-order valence-corrected chi connectivity index (χ4v) is 4.20. The smallest absolute Gasteiger partial charge is 0.233 e. The summed E-state index contributed by atoms with van der Waals surface area (Å²) >= 11 is 12.3. The lowest BCUT2D eigenvalue weighted by Gasteiger charge is -2.14. The van der Waals surface area contributed by atoms with Crippen molar-refractivity contribution in [1.29, 1.82) is 0 Å². The number of aromatic nitrogens is 2. The summed E-state index contributed by atoms with van der Waals surface area (Å²) in [4.78, 5) is 21.3. The SMILES string of the molecule is C[C@@H]1C[C@@H](Nc2ncncc2C(=O)c2cc(Cc3cccc(Cl)c3)c(Cl)o2)C[C@@H]1O. The number of aliphatic hydroxyl groups excluding tert-OH is 1. The molecule has 1 saturated carbocycles. The van der Waals surface area contributed by atoms with Gasteiger partial charge < -0.3 is 14.8 Å². The van der Waals surface area contributed by atoms with Gasteiger partial charge in [-0.15, -0.1) is 0 Å². The predicted molar refractivity (Wildman–Crippen MR) is 115 cm³/mol. The van der Waals surface area contributed by atoms with Crippen LogP contribution in [-0.4, -0.2) is 33.0 Å². The van der Waals surface area contributed by atoms with Gasteiger partial charge in [0, 0.05) is 29.2 Å². The van der Waals surface area contributed by atoms with E-state index in [9.17, 15) is 9.90 Å². The second-order valence-corrected chi connectivity index (χ2v) is 8.47. The fraction of sp³-hybridized carbons (Fsp3) is 0.318. The van der Waals surface area contributed by atoms with Crippen LogP contribution in [0.2, 0.25) is 10.2 Å². The van der Waals surface area contributed by atoms with Gasteiger partial charge in [0.05, 0.1) is 11.7 Å². The Morgan fingerprint density at radius 3 is 2.87 bits per heavy atom. The van der Waals surface area contributed by atoms with E-state index in [0.717, 1.165) is 12.0 Å². The van der Waals surface area contributed by atoms with Crippen LogP contribution in [0.5, 0.6) is 0 Å². The minimum Gasteiger partial charge on any atom is -0.441 e. The van der Waals surface area contributed by atoms with Crippen molar-refractivity contribution in [3.63, 3.8) is 0 Å². The van der Waals surface area contributed by atoms with Gasteiger partial charge in [0.1, 0.15) is 12.1 Å². The number of carbonyl (C=O) groups is 1. The van der Waals surface area contributed by atoms with Gasteiger partial charge in [-0.3, -0.25) is 4.79 Å². The molecular formula is C22H21Cl2N3O3. The number of anilines is 1. The number of benzene rings is 1. The molecule has 6 nitrogen and oxygen atoms in total. The molecule has 0 spiro atoms. The number of aliphatic hydroxyl groups is 1. The topological polar surface area (TPSA) is 88.3 Å². The molecule has 1 aliphatic rings. The molecular weight excluding hydrogens is 425 g/mol. The molecule has 2 aromatic heterocycles. The molecule has 1 aliphatic carbocycles. The van der Waals surface area contributed by atoms with E-state index in [2.05, 4.69) is 15.3 Å². The van der Waals surface area contributed by atoms with E-state index in [1.165, 1.54) is 12.5 Å². The molecule has 3 aromatic rings. The standard InChI is InChI=1S/C22H21Cl2N3O3/c1-12-5-16(9-18(12)28)27-22-17(10-25-11-26-22)20(29)19-8-14(21(24)30-19)6-13-3-2-4-15(23)7-13/h2-4,7-8,10-12,16,18,28H,5-6,9H2,1H3,(H,25,26,27)/t12-,16-,18+/m1/s1. The monoisotopic (exact) mass is 445 g/mol. The zero-order valence-electron chi connectivity index (χ0n) is 16.3. The van der Waals surface area contributed by atoms with Crippen LogP contribution in [0.3, 0.4) is 0 Å². The van der Waals surface area contributed by atoms with Crippen molar-refractivity contribution in [2.75, 3.05) is 5.32 Å². The molecule has 0 unspecified atom stereocenters. The normalized spacial score (nSPS) is 21.0. The van der Waals surface area contributed by atoms with Crippen molar-refractivity contribution >= 4 is 34.8 Å². The highest BCUT2D eigenvalue weighted by atomic mass is 35.5. The Morgan fingerprint density at radius 1 is 1.30 bits per heavy atom. The van der Waals surface area contributed by atoms with Crippen LogP contribution in [0.25, 0.3) is 0 Å². The van der Waals surface area contributed by atoms with E-state index in [1.54, 1.807) is 12.1 Å². The summed E-state index contributed by atoms with van der Waals surface area (Å²) in [6.45, 7) is 2.00. The van der Waals surface area contributed by atoms with Crippen LogP contribution in [0.4, 0.5) is 5.82 Å². The fourth-order valence-electron chi connectivity index (χ4n) is 3.79. The average molecular weight is 446 g/mol. The zero-order chi connectivity index (χ0) is 21.3. The number of hydrogen-bond donors (Lipinski definition) is 2. The highest BCUT2D eigenvalue weighted by molar-refractivity contribution is 6.30. The van der Waals surface area contributed by atoms with Crippen molar-refractivity contribution in [1.82, 2.24) is 9.97 Å². The number of nitrogens with zero attached hydrogens (tertiary/aromatic N) is 2. The summed E-state index contributed by atoms with van der Waals surface area (Å²) in [5, 5.41) is 14.1. The first-order chi connectivity index (χ1) is 14.4. The van der Waals surface area contributed by atoms with E-state index in [4.69, 9.17) is 27.6 Å². The summed E-state index contributed by atoms with van der Waals surface area (Å²) in [5.74, 6) is 0.380. The van der Waals surface area contributed by atoms with E-state index in [-0.39, 0.29) is 34.8 Å². The molecule has 0 aliphatic heterocycles. The van der Waals surface area contributed by atoms with Crippen molar-refractivity contribution in [3.05, 3.63) is 75.5 Å². The molecule has 0 bridgehead atoms. The third-order valence-electron chi connectivity index (χ3n) is 5.40. The molecule has 4 rings (SSSR count). The van der Waals surface area contributed by atoms with Crippen LogP contribution in [-0.2, 0) is 6.42 Å². The summed E-state index contributed by atoms with van der Waals surface area (Å²) in [6, 6.07) is 9.11. The Labute approximate surface area is 184 Å². The molecule has 2 N–H and O–H groups in total. The number of halogens is 2. The van der Waals surface area contributed by atoms with Crippen molar-refractivity contribution in [2.24, 2.45) is 5.92 Å². The number of rotatable bonds is 6. The molecule has 0 amide bonds. The number of furan rings is 1. The summed E-state index contributed by atoms with van der Waals surface area (Å²) in [7, 11) is 0. The molecule has 8 heteroatoms. The third-order valence-corrected chi connectivity index (χ3v) is 5.96. The zero-order valence-corrected chi connectivity index (χ0v) is 17.8. The largest absolute Gasteiger partial charge is 0.441 e. The third kappa shape index (κ3) is 4.51. The lowest BCUT2D eigenvalue weighted by molar-refractivity contribution is 0.101. The maximum absolute atomic E-state index is 13.1. The van der Waals surface area contributed by atoms with E-state index >= 15 is 0 Å². The van der Waals surface area contributed by atoms with E-state index in [0.29, 0.717) is 34.8 Å². The minimum atomic E-state index is -0.360. The average Bonchev–Trinajstić information content (AvgIpc) is 3.23. The lowest BCUT2D eigenvalue weighted by Crippen LogP contribution is -2.20. The van der Waals surface area contributed by atoms with Gasteiger partial charge in [-0.25, -0.2) is 9.97 Å². The van der Waals surface area contributed by atoms with E-state index < -0.39 is 0 Å². The first-order valence-corrected chi connectivity index (χ1v) is 10.5. The van der Waals surface area contributed by atoms with Crippen molar-refractivity contribution in [2.45, 2.75) is 38.3 Å². The van der Waals surface area contributed by atoms with Gasteiger partial charge in [-0.1, -0.05) is 30.7 Å². The Balaban J connectivity index is 1.55. The van der Waals surface area contributed by atoms with Crippen molar-refractivity contribution < 1.29 is 14.3 Å². The minimum absolute atomic E-state index is 0.0371. The predicted octanol–water partition coefficient (Wildman–Crippen LogP) is 4.77. The highest BCUT2D eigenvalue weighted by Gasteiger charge is 2.31. The van der Waals surface area contributed by atoms with Crippen LogP contribution in [0.15, 0.2) is 47.3 Å². The second-order valence-electron chi connectivity index (χ2n) is 7.69. The molecule has 0 radical (unpaired) electrons. The second kappa shape index (κ2) is 8.76. The van der Waals surface area contributed by atoms with Gasteiger partial charge in [-0.05, 0) is 54.1 Å². The number of carbonyl (C=O) groups excluding carboxylic acids is 1. The summed E-state index contributed by atoms with van der Waals surface area (Å²) < 4.78 is 5.55. The summed E-state index contributed by atoms with van der Waals surface area (Å²) in [5.41, 5.74) is 1.95. The molecule has 30 heavy (non-hydrogen) atoms. The van der Waals surface area contributed by atoms with E-state index in [1.807, 2.05) is 25.1 Å². The number of ketones is 1. The molecule has 3 atom stereocenters. The molecule has 0 saturated heterocycles. The Morgan fingerprint density at radius 2 is 2.13 bits per heavy atom. The number of hydrogen-bond acceptors (Lipinski definition) is 6. The van der Waals surface area contributed by atoms with Gasteiger partial charge >= 0.3 is 0 Å². The van der Waals surface area contributed by atoms with Crippen LogP contribution in [0, 0.1) is 5.92 Å². The van der Waals surface area contributed by atoms with Crippen molar-refractivity contribution in [3.8, 4) is 0 Å². The first-order valence-electron chi connectivity index (χ1n) is 9.72.